The molecule has 6 atom stereocenters. The lowest BCUT2D eigenvalue weighted by Gasteiger charge is -2.65. The second-order valence-corrected chi connectivity index (χ2v) is 12.4. The molecule has 5 nitrogen and oxygen atoms in total. The first-order chi connectivity index (χ1) is 17.6. The van der Waals surface area contributed by atoms with E-state index >= 15 is 0 Å². The third kappa shape index (κ3) is 2.66. The van der Waals surface area contributed by atoms with Gasteiger partial charge in [-0.1, -0.05) is 37.1 Å². The molecule has 3 heterocycles. The minimum atomic E-state index is -0.196. The first kappa shape index (κ1) is 21.7. The van der Waals surface area contributed by atoms with Gasteiger partial charge in [-0.15, -0.1) is 0 Å². The Bertz CT molecular complexity index is 1210. The molecule has 2 aromatic carbocycles. The molecule has 3 saturated heterocycles. The van der Waals surface area contributed by atoms with Gasteiger partial charge in [-0.25, -0.2) is 0 Å². The van der Waals surface area contributed by atoms with E-state index in [0.717, 1.165) is 43.7 Å². The lowest BCUT2D eigenvalue weighted by molar-refractivity contribution is -0.172. The van der Waals surface area contributed by atoms with Crippen LogP contribution in [0.1, 0.15) is 66.4 Å². The zero-order valence-electron chi connectivity index (χ0n) is 20.9. The van der Waals surface area contributed by atoms with Crippen LogP contribution < -0.4 is 0 Å². The normalized spacial score (nSPS) is 38.7. The zero-order valence-corrected chi connectivity index (χ0v) is 20.9. The van der Waals surface area contributed by atoms with E-state index in [-0.39, 0.29) is 29.1 Å². The molecular weight excluding hydrogens is 448 g/mol. The van der Waals surface area contributed by atoms with Crippen LogP contribution in [0.15, 0.2) is 48.5 Å². The number of phenolic OH excluding ortho intramolecular Hbond substituents is 1. The van der Waals surface area contributed by atoms with Gasteiger partial charge in [0, 0.05) is 42.1 Å². The monoisotopic (exact) mass is 484 g/mol. The minimum absolute atomic E-state index is 0.0763. The molecule has 2 saturated carbocycles. The van der Waals surface area contributed by atoms with E-state index in [4.69, 9.17) is 4.74 Å². The Morgan fingerprint density at radius 1 is 1.06 bits per heavy atom. The smallest absolute Gasteiger partial charge is 0.254 e. The quantitative estimate of drug-likeness (QED) is 0.696. The standard InChI is InChI=1S/C31H36N2O3/c34-23-11-10-22-16-27-31-13-12-25-28(26(36-31)19-33(25)29(35)21-8-2-1-3-9-21)30(31,24(22)17-23)14-15-32(27)18-20-6-4-5-7-20/h1-3,8-11,17,20,25-28,34H,4-7,12-16,18-19H2/t25-,26-,27-,28+,30+,31-/m1/s1. The molecule has 3 aliphatic heterocycles. The summed E-state index contributed by atoms with van der Waals surface area (Å²) in [4.78, 5) is 18.6. The van der Waals surface area contributed by atoms with Gasteiger partial charge in [0.2, 0.25) is 0 Å². The van der Waals surface area contributed by atoms with Crippen molar-refractivity contribution in [2.75, 3.05) is 19.6 Å². The van der Waals surface area contributed by atoms with E-state index in [9.17, 15) is 9.90 Å². The summed E-state index contributed by atoms with van der Waals surface area (Å²) in [6.07, 6.45) is 9.69. The van der Waals surface area contributed by atoms with E-state index in [2.05, 4.69) is 21.9 Å². The predicted octanol–water partition coefficient (Wildman–Crippen LogP) is 4.52. The molecule has 1 amide bonds. The summed E-state index contributed by atoms with van der Waals surface area (Å²) < 4.78 is 7.32. The van der Waals surface area contributed by atoms with Crippen LogP contribution in [0.3, 0.4) is 0 Å². The summed E-state index contributed by atoms with van der Waals surface area (Å²) in [5, 5.41) is 10.6. The SMILES string of the molecule is O=C(c1ccccc1)N1C[C@H]2O[C@@]34CC[C@@H]1[C@@H]2[C@@]31CCN(CC2CCCC2)[C@@H]4Cc2ccc(O)cc21. The van der Waals surface area contributed by atoms with Crippen molar-refractivity contribution >= 4 is 5.91 Å². The molecule has 5 fully saturated rings. The number of carbonyl (C=O) groups is 1. The molecular formula is C31H36N2O3. The largest absolute Gasteiger partial charge is 0.508 e. The lowest BCUT2D eigenvalue weighted by Crippen LogP contribution is -2.74. The van der Waals surface area contributed by atoms with Gasteiger partial charge in [-0.3, -0.25) is 9.69 Å². The van der Waals surface area contributed by atoms with Crippen molar-refractivity contribution in [3.05, 3.63) is 65.2 Å². The molecule has 0 radical (unpaired) electrons. The highest BCUT2D eigenvalue weighted by molar-refractivity contribution is 5.94. The van der Waals surface area contributed by atoms with Gasteiger partial charge in [0.05, 0.1) is 11.7 Å². The molecule has 0 spiro atoms. The average Bonchev–Trinajstić information content (AvgIpc) is 3.57. The fraction of sp³-hybridized carbons (Fsp3) is 0.581. The molecule has 8 rings (SSSR count). The predicted molar refractivity (Wildman–Crippen MR) is 137 cm³/mol. The van der Waals surface area contributed by atoms with Crippen LogP contribution in [0.4, 0.5) is 0 Å². The molecule has 188 valence electrons. The zero-order chi connectivity index (χ0) is 24.1. The first-order valence-corrected chi connectivity index (χ1v) is 14.2. The topological polar surface area (TPSA) is 53.0 Å². The summed E-state index contributed by atoms with van der Waals surface area (Å²) in [6.45, 7) is 3.00. The number of piperidine rings is 1. The number of rotatable bonds is 3. The van der Waals surface area contributed by atoms with E-state index < -0.39 is 0 Å². The highest BCUT2D eigenvalue weighted by Gasteiger charge is 2.78. The van der Waals surface area contributed by atoms with E-state index in [0.29, 0.717) is 24.3 Å². The fourth-order valence-electron chi connectivity index (χ4n) is 9.89. The summed E-state index contributed by atoms with van der Waals surface area (Å²) >= 11 is 0. The summed E-state index contributed by atoms with van der Waals surface area (Å²) in [6, 6.07) is 16.5. The van der Waals surface area contributed by atoms with Crippen molar-refractivity contribution in [2.45, 2.75) is 80.6 Å². The van der Waals surface area contributed by atoms with Crippen LogP contribution in [0.25, 0.3) is 0 Å². The Kier molecular flexibility index (Phi) is 4.57. The van der Waals surface area contributed by atoms with Crippen molar-refractivity contribution in [3.63, 3.8) is 0 Å². The number of hydrogen-bond donors (Lipinski definition) is 1. The van der Waals surface area contributed by atoms with Crippen LogP contribution in [0.2, 0.25) is 0 Å². The van der Waals surface area contributed by atoms with Crippen LogP contribution in [0.5, 0.6) is 5.75 Å². The Labute approximate surface area is 213 Å². The number of phenols is 1. The number of hydrogen-bond acceptors (Lipinski definition) is 4. The van der Waals surface area contributed by atoms with Gasteiger partial charge in [0.15, 0.2) is 0 Å². The summed E-state index contributed by atoms with van der Waals surface area (Å²) in [7, 11) is 0. The number of ether oxygens (including phenoxy) is 1. The van der Waals surface area contributed by atoms with E-state index in [1.807, 2.05) is 36.4 Å². The average molecular weight is 485 g/mol. The second-order valence-electron chi connectivity index (χ2n) is 12.4. The molecule has 5 heteroatoms. The minimum Gasteiger partial charge on any atom is -0.508 e. The van der Waals surface area contributed by atoms with E-state index in [1.54, 1.807) is 0 Å². The number of benzene rings is 2. The highest BCUT2D eigenvalue weighted by Crippen LogP contribution is 2.69. The van der Waals surface area contributed by atoms with Crippen molar-refractivity contribution in [1.29, 1.82) is 0 Å². The summed E-state index contributed by atoms with van der Waals surface area (Å²) in [5.41, 5.74) is 3.18. The first-order valence-electron chi connectivity index (χ1n) is 14.2. The third-order valence-electron chi connectivity index (χ3n) is 11.1. The van der Waals surface area contributed by atoms with Gasteiger partial charge in [0.25, 0.3) is 5.91 Å². The number of carbonyl (C=O) groups excluding carboxylic acids is 1. The molecule has 36 heavy (non-hydrogen) atoms. The summed E-state index contributed by atoms with van der Waals surface area (Å²) in [5.74, 6) is 1.63. The Balaban J connectivity index is 1.22. The molecule has 0 unspecified atom stereocenters. The highest BCUT2D eigenvalue weighted by atomic mass is 16.5. The second kappa shape index (κ2) is 7.58. The fourth-order valence-corrected chi connectivity index (χ4v) is 9.89. The molecule has 1 N–H and O–H groups in total. The van der Waals surface area contributed by atoms with Crippen LogP contribution >= 0.6 is 0 Å². The Morgan fingerprint density at radius 3 is 2.72 bits per heavy atom. The van der Waals surface area contributed by atoms with Gasteiger partial charge >= 0.3 is 0 Å². The van der Waals surface area contributed by atoms with E-state index in [1.165, 1.54) is 43.4 Å². The van der Waals surface area contributed by atoms with Crippen molar-refractivity contribution in [1.82, 2.24) is 9.80 Å². The number of fused-ring (bicyclic) bond motifs is 1. The Morgan fingerprint density at radius 2 is 1.89 bits per heavy atom. The number of amides is 1. The maximum absolute atomic E-state index is 13.7. The molecule has 3 aliphatic carbocycles. The number of nitrogens with zero attached hydrogens (tertiary/aromatic N) is 2. The van der Waals surface area contributed by atoms with Gasteiger partial charge in [-0.2, -0.15) is 0 Å². The number of likely N-dealkylation sites (tertiary alicyclic amines) is 2. The van der Waals surface area contributed by atoms with Crippen molar-refractivity contribution in [2.24, 2.45) is 11.8 Å². The van der Waals surface area contributed by atoms with Gasteiger partial charge in [0.1, 0.15) is 5.75 Å². The molecule has 0 aromatic heterocycles. The lowest BCUT2D eigenvalue weighted by atomic mass is 9.46. The maximum atomic E-state index is 13.7. The van der Waals surface area contributed by atoms with Crippen LogP contribution in [-0.4, -0.2) is 64.2 Å². The van der Waals surface area contributed by atoms with Crippen LogP contribution in [0, 0.1) is 11.8 Å². The molecule has 2 aromatic rings. The number of aromatic hydroxyl groups is 1. The van der Waals surface area contributed by atoms with Crippen molar-refractivity contribution in [3.8, 4) is 5.75 Å². The molecule has 4 bridgehead atoms. The molecule has 6 aliphatic rings. The maximum Gasteiger partial charge on any atom is 0.254 e. The van der Waals surface area contributed by atoms with Gasteiger partial charge in [-0.05, 0) is 86.4 Å². The van der Waals surface area contributed by atoms with Crippen molar-refractivity contribution < 1.29 is 14.6 Å². The Hall–Kier alpha value is -2.37. The van der Waals surface area contributed by atoms with Crippen LogP contribution in [-0.2, 0) is 16.6 Å². The van der Waals surface area contributed by atoms with Gasteiger partial charge < -0.3 is 14.7 Å². The third-order valence-corrected chi connectivity index (χ3v) is 11.1.